The highest BCUT2D eigenvalue weighted by atomic mass is 35.5. The fraction of sp³-hybridized carbons (Fsp3) is 0.242. The van der Waals surface area contributed by atoms with Crippen LogP contribution < -0.4 is 24.4 Å². The molecule has 2 heterocycles. The molecule has 0 fully saturated rings. The summed E-state index contributed by atoms with van der Waals surface area (Å²) in [7, 11) is 0. The van der Waals surface area contributed by atoms with Crippen molar-refractivity contribution in [3.8, 4) is 11.5 Å². The minimum atomic E-state index is -0.761. The number of hydrogen-bond donors (Lipinski definition) is 0. The summed E-state index contributed by atoms with van der Waals surface area (Å²) >= 11 is 7.54. The summed E-state index contributed by atoms with van der Waals surface area (Å²) in [4.78, 5) is 32.4. The van der Waals surface area contributed by atoms with Gasteiger partial charge in [-0.05, 0) is 63.6 Å². The van der Waals surface area contributed by atoms with Crippen molar-refractivity contribution < 1.29 is 19.0 Å². The fourth-order valence-electron chi connectivity index (χ4n) is 4.78. The Kier molecular flexibility index (Phi) is 8.94. The summed E-state index contributed by atoms with van der Waals surface area (Å²) < 4.78 is 19.5. The third kappa shape index (κ3) is 6.20. The van der Waals surface area contributed by atoms with Crippen molar-refractivity contribution in [3.05, 3.63) is 125 Å². The van der Waals surface area contributed by atoms with Crippen molar-refractivity contribution in [2.75, 3.05) is 6.61 Å². The minimum Gasteiger partial charge on any atom is -0.491 e. The molecule has 7 nitrogen and oxygen atoms in total. The van der Waals surface area contributed by atoms with Crippen LogP contribution in [-0.2, 0) is 16.1 Å². The number of benzene rings is 3. The summed E-state index contributed by atoms with van der Waals surface area (Å²) in [6.45, 7) is 7.90. The van der Waals surface area contributed by atoms with Gasteiger partial charge < -0.3 is 14.2 Å². The number of aromatic nitrogens is 1. The van der Waals surface area contributed by atoms with Crippen molar-refractivity contribution in [1.29, 1.82) is 0 Å². The molecule has 42 heavy (non-hydrogen) atoms. The number of esters is 1. The van der Waals surface area contributed by atoms with Gasteiger partial charge in [0.25, 0.3) is 5.56 Å². The lowest BCUT2D eigenvalue weighted by molar-refractivity contribution is -0.139. The second-order valence-corrected chi connectivity index (χ2v) is 11.4. The molecule has 5 rings (SSSR count). The number of carbonyl (C=O) groups excluding carboxylic acids is 1. The lowest BCUT2D eigenvalue weighted by atomic mass is 9.95. The second kappa shape index (κ2) is 12.8. The molecule has 0 aliphatic carbocycles. The molecule has 4 aromatic rings. The Labute approximate surface area is 253 Å². The van der Waals surface area contributed by atoms with E-state index in [-0.39, 0.29) is 18.3 Å². The predicted molar refractivity (Wildman–Crippen MR) is 165 cm³/mol. The van der Waals surface area contributed by atoms with Crippen LogP contribution in [0.2, 0.25) is 5.02 Å². The first-order chi connectivity index (χ1) is 20.3. The van der Waals surface area contributed by atoms with Crippen molar-refractivity contribution in [2.45, 2.75) is 46.4 Å². The van der Waals surface area contributed by atoms with Gasteiger partial charge in [-0.1, -0.05) is 71.5 Å². The van der Waals surface area contributed by atoms with Crippen LogP contribution in [0.4, 0.5) is 0 Å². The van der Waals surface area contributed by atoms with Crippen LogP contribution in [0.15, 0.2) is 93.9 Å². The van der Waals surface area contributed by atoms with Crippen LogP contribution >= 0.6 is 22.9 Å². The molecule has 1 aliphatic heterocycles. The molecule has 216 valence electrons. The van der Waals surface area contributed by atoms with Gasteiger partial charge in [-0.2, -0.15) is 0 Å². The van der Waals surface area contributed by atoms with Crippen LogP contribution in [0, 0.1) is 0 Å². The molecule has 1 aliphatic rings. The molecule has 0 unspecified atom stereocenters. The van der Waals surface area contributed by atoms with E-state index in [1.165, 1.54) is 11.3 Å². The molecule has 0 N–H and O–H groups in total. The monoisotopic (exact) mass is 602 g/mol. The van der Waals surface area contributed by atoms with E-state index in [1.54, 1.807) is 18.4 Å². The first-order valence-electron chi connectivity index (χ1n) is 13.7. The van der Waals surface area contributed by atoms with Gasteiger partial charge in [0, 0.05) is 16.1 Å². The standard InChI is InChI=1S/C33H31ClN2O5S/c1-5-39-32(38)29-21(4)35-33-36(30(29)25-14-7-9-16-27(25)41-20(2)3)31(37)28(42-33)18-22-11-10-13-24(17-22)40-19-23-12-6-8-15-26(23)34/h6-18,20,30H,5,19H2,1-4H3/b28-18-/t30-/m1/s1. The highest BCUT2D eigenvalue weighted by Crippen LogP contribution is 2.36. The van der Waals surface area contributed by atoms with Gasteiger partial charge in [0.1, 0.15) is 24.1 Å². The van der Waals surface area contributed by atoms with E-state index in [1.807, 2.05) is 92.7 Å². The third-order valence-corrected chi connectivity index (χ3v) is 7.95. The van der Waals surface area contributed by atoms with Crippen LogP contribution in [0.3, 0.4) is 0 Å². The topological polar surface area (TPSA) is 79.1 Å². The zero-order valence-electron chi connectivity index (χ0n) is 23.8. The van der Waals surface area contributed by atoms with E-state index in [0.29, 0.717) is 49.3 Å². The normalized spacial score (nSPS) is 14.9. The van der Waals surface area contributed by atoms with Crippen LogP contribution in [0.1, 0.15) is 50.4 Å². The quantitative estimate of drug-likeness (QED) is 0.226. The molecular formula is C33H31ClN2O5S. The summed E-state index contributed by atoms with van der Waals surface area (Å²) in [5.74, 6) is 0.724. The van der Waals surface area contributed by atoms with Crippen LogP contribution in [0.25, 0.3) is 6.08 Å². The Balaban J connectivity index is 1.58. The molecule has 9 heteroatoms. The molecular weight excluding hydrogens is 572 g/mol. The molecule has 0 bridgehead atoms. The van der Waals surface area contributed by atoms with Gasteiger partial charge in [0.05, 0.1) is 28.5 Å². The maximum absolute atomic E-state index is 14.0. The van der Waals surface area contributed by atoms with Crippen LogP contribution in [-0.4, -0.2) is 23.2 Å². The largest absolute Gasteiger partial charge is 0.491 e. The summed E-state index contributed by atoms with van der Waals surface area (Å²) in [6.07, 6.45) is 1.70. The van der Waals surface area contributed by atoms with E-state index in [2.05, 4.69) is 4.99 Å². The number of para-hydroxylation sites is 1. The third-order valence-electron chi connectivity index (χ3n) is 6.60. The van der Waals surface area contributed by atoms with Gasteiger partial charge in [-0.3, -0.25) is 9.36 Å². The molecule has 0 saturated heterocycles. The van der Waals surface area contributed by atoms with Crippen molar-refractivity contribution >= 4 is 35.0 Å². The number of allylic oxidation sites excluding steroid dienone is 1. The van der Waals surface area contributed by atoms with Crippen molar-refractivity contribution in [3.63, 3.8) is 0 Å². The average molecular weight is 603 g/mol. The van der Waals surface area contributed by atoms with Crippen molar-refractivity contribution in [1.82, 2.24) is 4.57 Å². The van der Waals surface area contributed by atoms with Crippen LogP contribution in [0.5, 0.6) is 11.5 Å². The molecule has 0 amide bonds. The molecule has 0 spiro atoms. The van der Waals surface area contributed by atoms with Gasteiger partial charge in [0.2, 0.25) is 0 Å². The first-order valence-corrected chi connectivity index (χ1v) is 14.9. The minimum absolute atomic E-state index is 0.106. The molecule has 3 aromatic carbocycles. The van der Waals surface area contributed by atoms with Gasteiger partial charge >= 0.3 is 5.97 Å². The lowest BCUT2D eigenvalue weighted by Gasteiger charge is -2.26. The lowest BCUT2D eigenvalue weighted by Crippen LogP contribution is -2.40. The van der Waals surface area contributed by atoms with E-state index >= 15 is 0 Å². The Bertz CT molecular complexity index is 1840. The van der Waals surface area contributed by atoms with E-state index in [0.717, 1.165) is 11.1 Å². The van der Waals surface area contributed by atoms with Gasteiger partial charge in [-0.15, -0.1) is 0 Å². The number of ether oxygens (including phenoxy) is 3. The van der Waals surface area contributed by atoms with E-state index in [9.17, 15) is 9.59 Å². The smallest absolute Gasteiger partial charge is 0.338 e. The maximum atomic E-state index is 14.0. The summed E-state index contributed by atoms with van der Waals surface area (Å²) in [6, 6.07) is 21.7. The highest BCUT2D eigenvalue weighted by Gasteiger charge is 2.35. The first kappa shape index (κ1) is 29.4. The van der Waals surface area contributed by atoms with E-state index < -0.39 is 12.0 Å². The zero-order chi connectivity index (χ0) is 29.8. The van der Waals surface area contributed by atoms with E-state index in [4.69, 9.17) is 25.8 Å². The molecule has 0 saturated carbocycles. The molecule has 0 radical (unpaired) electrons. The van der Waals surface area contributed by atoms with Gasteiger partial charge in [0.15, 0.2) is 4.80 Å². The zero-order valence-corrected chi connectivity index (χ0v) is 25.4. The SMILES string of the molecule is CCOC(=O)C1=C(C)N=c2s/c(=C\c3cccc(OCc4ccccc4Cl)c3)c(=O)n2[C@@H]1c1ccccc1OC(C)C. The number of nitrogens with zero attached hydrogens (tertiary/aromatic N) is 2. The fourth-order valence-corrected chi connectivity index (χ4v) is 6.01. The second-order valence-electron chi connectivity index (χ2n) is 9.96. The summed E-state index contributed by atoms with van der Waals surface area (Å²) in [5.41, 5.74) is 2.91. The molecule has 1 atom stereocenters. The highest BCUT2D eigenvalue weighted by molar-refractivity contribution is 7.07. The number of carbonyl (C=O) groups is 1. The predicted octanol–water partition coefficient (Wildman–Crippen LogP) is 5.82. The number of fused-ring (bicyclic) bond motifs is 1. The average Bonchev–Trinajstić information content (AvgIpc) is 3.26. The van der Waals surface area contributed by atoms with Crippen molar-refractivity contribution in [2.24, 2.45) is 4.99 Å². The Morgan fingerprint density at radius 2 is 1.86 bits per heavy atom. The number of halogens is 1. The number of rotatable bonds is 9. The van der Waals surface area contributed by atoms with Gasteiger partial charge in [-0.25, -0.2) is 9.79 Å². The Morgan fingerprint density at radius 1 is 1.10 bits per heavy atom. The molecule has 1 aromatic heterocycles. The maximum Gasteiger partial charge on any atom is 0.338 e. The Hall–Kier alpha value is -4.14. The number of hydrogen-bond acceptors (Lipinski definition) is 7. The summed E-state index contributed by atoms with van der Waals surface area (Å²) in [5, 5.41) is 0.641. The number of thiazole rings is 1. The Morgan fingerprint density at radius 3 is 2.62 bits per heavy atom.